The molecule has 2 rings (SSSR count). The number of halogens is 1. The molecule has 0 heterocycles. The fourth-order valence-corrected chi connectivity index (χ4v) is 3.92. The molecule has 0 aliphatic heterocycles. The number of benzene rings is 2. The molecular weight excluding hydrogens is 323 g/mol. The molecule has 8 heteroatoms. The van der Waals surface area contributed by atoms with Crippen molar-refractivity contribution in [3.63, 3.8) is 0 Å². The summed E-state index contributed by atoms with van der Waals surface area (Å²) in [5.74, 6) is -0.478. The Labute approximate surface area is 133 Å². The van der Waals surface area contributed by atoms with Gasteiger partial charge in [0.15, 0.2) is 0 Å². The number of non-ortho nitro benzene ring substituents is 1. The van der Waals surface area contributed by atoms with Crippen LogP contribution in [0.25, 0.3) is 0 Å². The van der Waals surface area contributed by atoms with Crippen molar-refractivity contribution in [1.82, 2.24) is 0 Å². The fraction of sp³-hybridized carbons (Fsp3) is 0.200. The first-order valence-corrected chi connectivity index (χ1v) is 8.24. The first-order chi connectivity index (χ1) is 10.8. The van der Waals surface area contributed by atoms with E-state index >= 15 is 0 Å². The second-order valence-electron chi connectivity index (χ2n) is 4.85. The number of nitrogens with zero attached hydrogens (tertiary/aromatic N) is 2. The van der Waals surface area contributed by atoms with Crippen molar-refractivity contribution in [1.29, 1.82) is 0 Å². The molecule has 0 fully saturated rings. The molecule has 0 N–H and O–H groups in total. The van der Waals surface area contributed by atoms with Gasteiger partial charge in [-0.05, 0) is 43.7 Å². The van der Waals surface area contributed by atoms with Crippen molar-refractivity contribution in [2.45, 2.75) is 18.7 Å². The highest BCUT2D eigenvalue weighted by Gasteiger charge is 2.27. The van der Waals surface area contributed by atoms with Crippen LogP contribution >= 0.6 is 0 Å². The lowest BCUT2D eigenvalue weighted by Crippen LogP contribution is -2.31. The van der Waals surface area contributed by atoms with Gasteiger partial charge in [0.05, 0.1) is 15.5 Å². The fourth-order valence-electron chi connectivity index (χ4n) is 2.20. The van der Waals surface area contributed by atoms with Crippen LogP contribution in [-0.4, -0.2) is 19.9 Å². The van der Waals surface area contributed by atoms with Gasteiger partial charge in [-0.3, -0.25) is 14.4 Å². The Hall–Kier alpha value is -2.48. The van der Waals surface area contributed by atoms with Gasteiger partial charge in [0, 0.05) is 18.7 Å². The van der Waals surface area contributed by atoms with Crippen LogP contribution in [0.1, 0.15) is 12.5 Å². The summed E-state index contributed by atoms with van der Waals surface area (Å²) in [6.07, 6.45) is 0. The highest BCUT2D eigenvalue weighted by atomic mass is 32.2. The van der Waals surface area contributed by atoms with Gasteiger partial charge in [0.1, 0.15) is 5.82 Å². The SMILES string of the molecule is CCN(c1ccc(F)cc1)S(=O)(=O)c1cc([N+](=O)[O-])ccc1C. The van der Waals surface area contributed by atoms with Gasteiger partial charge in [-0.2, -0.15) is 0 Å². The first-order valence-electron chi connectivity index (χ1n) is 6.80. The van der Waals surface area contributed by atoms with Crippen LogP contribution in [0.5, 0.6) is 0 Å². The second-order valence-corrected chi connectivity index (χ2v) is 6.68. The third-order valence-electron chi connectivity index (χ3n) is 3.35. The van der Waals surface area contributed by atoms with Crippen molar-refractivity contribution in [2.75, 3.05) is 10.8 Å². The maximum atomic E-state index is 13.0. The lowest BCUT2D eigenvalue weighted by atomic mass is 10.2. The van der Waals surface area contributed by atoms with E-state index in [2.05, 4.69) is 0 Å². The molecule has 0 radical (unpaired) electrons. The standard InChI is InChI=1S/C15H15FN2O4S/c1-3-17(13-8-5-12(16)6-9-13)23(21,22)15-10-14(18(19)20)7-4-11(15)2/h4-10H,3H2,1-2H3. The zero-order chi connectivity index (χ0) is 17.2. The van der Waals surface area contributed by atoms with Crippen LogP contribution < -0.4 is 4.31 Å². The molecule has 0 aromatic heterocycles. The molecule has 2 aromatic rings. The van der Waals surface area contributed by atoms with Gasteiger partial charge in [0.2, 0.25) is 0 Å². The summed E-state index contributed by atoms with van der Waals surface area (Å²) >= 11 is 0. The molecule has 23 heavy (non-hydrogen) atoms. The molecule has 0 spiro atoms. The third kappa shape index (κ3) is 3.31. The van der Waals surface area contributed by atoms with Crippen LogP contribution in [0.4, 0.5) is 15.8 Å². The van der Waals surface area contributed by atoms with E-state index in [-0.39, 0.29) is 17.1 Å². The van der Waals surface area contributed by atoms with Gasteiger partial charge in [-0.15, -0.1) is 0 Å². The Kier molecular flexibility index (Phi) is 4.65. The van der Waals surface area contributed by atoms with Gasteiger partial charge in [-0.25, -0.2) is 12.8 Å². The van der Waals surface area contributed by atoms with Crippen LogP contribution in [-0.2, 0) is 10.0 Å². The predicted octanol–water partition coefficient (Wildman–Crippen LogP) is 3.26. The first kappa shape index (κ1) is 16.9. The summed E-state index contributed by atoms with van der Waals surface area (Å²) in [5, 5.41) is 10.9. The van der Waals surface area contributed by atoms with E-state index in [1.807, 2.05) is 0 Å². The number of nitro benzene ring substituents is 1. The van der Waals surface area contributed by atoms with Gasteiger partial charge < -0.3 is 0 Å². The smallest absolute Gasteiger partial charge is 0.267 e. The summed E-state index contributed by atoms with van der Waals surface area (Å²) in [6.45, 7) is 3.30. The highest BCUT2D eigenvalue weighted by Crippen LogP contribution is 2.28. The topological polar surface area (TPSA) is 80.5 Å². The number of rotatable bonds is 5. The summed E-state index contributed by atoms with van der Waals surface area (Å²) in [5.41, 5.74) is 0.389. The number of hydrogen-bond donors (Lipinski definition) is 0. The lowest BCUT2D eigenvalue weighted by molar-refractivity contribution is -0.385. The molecule has 0 saturated carbocycles. The molecule has 0 aliphatic carbocycles. The zero-order valence-corrected chi connectivity index (χ0v) is 13.4. The molecule has 0 bridgehead atoms. The molecule has 6 nitrogen and oxygen atoms in total. The van der Waals surface area contributed by atoms with Crippen LogP contribution in [0.2, 0.25) is 0 Å². The van der Waals surface area contributed by atoms with Crippen LogP contribution in [0.3, 0.4) is 0 Å². The van der Waals surface area contributed by atoms with Gasteiger partial charge in [0.25, 0.3) is 15.7 Å². The van der Waals surface area contributed by atoms with Crippen LogP contribution in [0.15, 0.2) is 47.4 Å². The maximum Gasteiger partial charge on any atom is 0.270 e. The summed E-state index contributed by atoms with van der Waals surface area (Å²) in [4.78, 5) is 10.1. The monoisotopic (exact) mass is 338 g/mol. The Morgan fingerprint density at radius 3 is 2.30 bits per heavy atom. The third-order valence-corrected chi connectivity index (χ3v) is 5.40. The highest BCUT2D eigenvalue weighted by molar-refractivity contribution is 7.92. The van der Waals surface area contributed by atoms with E-state index in [0.717, 1.165) is 22.5 Å². The second kappa shape index (κ2) is 6.33. The Morgan fingerprint density at radius 2 is 1.78 bits per heavy atom. The average molecular weight is 338 g/mol. The number of anilines is 1. The number of hydrogen-bond acceptors (Lipinski definition) is 4. The summed E-state index contributed by atoms with van der Waals surface area (Å²) < 4.78 is 39.8. The quantitative estimate of drug-likeness (QED) is 0.619. The van der Waals surface area contributed by atoms with E-state index in [1.165, 1.54) is 24.3 Å². The van der Waals surface area contributed by atoms with Gasteiger partial charge in [-0.1, -0.05) is 6.07 Å². The van der Waals surface area contributed by atoms with E-state index in [1.54, 1.807) is 13.8 Å². The van der Waals surface area contributed by atoms with E-state index in [0.29, 0.717) is 11.3 Å². The molecule has 2 aromatic carbocycles. The molecule has 0 atom stereocenters. The Morgan fingerprint density at radius 1 is 1.17 bits per heavy atom. The number of nitro groups is 1. The molecule has 122 valence electrons. The largest absolute Gasteiger partial charge is 0.270 e. The number of sulfonamides is 1. The minimum absolute atomic E-state index is 0.107. The van der Waals surface area contributed by atoms with E-state index in [4.69, 9.17) is 0 Å². The lowest BCUT2D eigenvalue weighted by Gasteiger charge is -2.23. The summed E-state index contributed by atoms with van der Waals surface area (Å²) in [6, 6.07) is 8.71. The molecule has 0 amide bonds. The molecule has 0 aliphatic rings. The van der Waals surface area contributed by atoms with E-state index < -0.39 is 20.8 Å². The number of aryl methyl sites for hydroxylation is 1. The Balaban J connectivity index is 2.57. The summed E-state index contributed by atoms with van der Waals surface area (Å²) in [7, 11) is -4.00. The molecule has 0 saturated heterocycles. The van der Waals surface area contributed by atoms with Crippen molar-refractivity contribution >= 4 is 21.4 Å². The van der Waals surface area contributed by atoms with E-state index in [9.17, 15) is 22.9 Å². The van der Waals surface area contributed by atoms with Crippen LogP contribution in [0, 0.1) is 22.9 Å². The zero-order valence-electron chi connectivity index (χ0n) is 12.6. The molecular formula is C15H15FN2O4S. The minimum Gasteiger partial charge on any atom is -0.267 e. The van der Waals surface area contributed by atoms with Crippen molar-refractivity contribution < 1.29 is 17.7 Å². The van der Waals surface area contributed by atoms with Crippen molar-refractivity contribution in [2.24, 2.45) is 0 Å². The molecule has 0 unspecified atom stereocenters. The normalized spacial score (nSPS) is 11.3. The van der Waals surface area contributed by atoms with Gasteiger partial charge >= 0.3 is 0 Å². The minimum atomic E-state index is -4.00. The predicted molar refractivity (Wildman–Crippen MR) is 84.4 cm³/mol. The van der Waals surface area contributed by atoms with Crippen molar-refractivity contribution in [3.05, 3.63) is 64.0 Å². The maximum absolute atomic E-state index is 13.0. The van der Waals surface area contributed by atoms with Crippen molar-refractivity contribution in [3.8, 4) is 0 Å². The Bertz CT molecular complexity index is 835. The average Bonchev–Trinajstić information content (AvgIpc) is 2.49.